The fraction of sp³-hybridized carbons (Fsp3) is 0.357. The first-order chi connectivity index (χ1) is 9.69. The molecule has 6 nitrogen and oxygen atoms in total. The van der Waals surface area contributed by atoms with Crippen LogP contribution in [-0.4, -0.2) is 24.1 Å². The molecule has 0 saturated heterocycles. The third kappa shape index (κ3) is 2.58. The predicted octanol–water partition coefficient (Wildman–Crippen LogP) is 1.30. The van der Waals surface area contributed by atoms with Crippen LogP contribution in [0.25, 0.3) is 0 Å². The maximum Gasteiger partial charge on any atom is 0.299 e. The summed E-state index contributed by atoms with van der Waals surface area (Å²) in [6, 6.07) is 3.45. The van der Waals surface area contributed by atoms with Crippen molar-refractivity contribution in [2.24, 2.45) is 11.3 Å². The van der Waals surface area contributed by atoms with Gasteiger partial charge in [-0.25, -0.2) is 5.84 Å². The molecule has 0 radical (unpaired) electrons. The van der Waals surface area contributed by atoms with Crippen LogP contribution in [0.3, 0.4) is 0 Å². The molecule has 0 fully saturated rings. The number of hydrazine groups is 1. The normalized spacial score (nSPS) is 14.4. The molecule has 2 amide bonds. The van der Waals surface area contributed by atoms with E-state index in [1.54, 1.807) is 19.9 Å². The molecule has 0 atom stereocenters. The molecule has 1 aliphatic rings. The molecule has 0 aliphatic carbocycles. The van der Waals surface area contributed by atoms with Crippen LogP contribution in [0, 0.1) is 12.3 Å². The Morgan fingerprint density at radius 2 is 2.00 bits per heavy atom. The molecule has 1 aromatic carbocycles. The molecule has 1 aliphatic heterocycles. The average Bonchev–Trinajstić information content (AvgIpc) is 2.63. The van der Waals surface area contributed by atoms with Crippen molar-refractivity contribution >= 4 is 39.2 Å². The molecule has 0 aromatic heterocycles. The van der Waals surface area contributed by atoms with Gasteiger partial charge < -0.3 is 4.90 Å². The number of nitrogens with one attached hydrogen (secondary N) is 1. The fourth-order valence-electron chi connectivity index (χ4n) is 2.42. The Hall–Kier alpha value is -1.73. The summed E-state index contributed by atoms with van der Waals surface area (Å²) < 4.78 is 0.737. The Labute approximate surface area is 130 Å². The number of nitrogens with two attached hydrogens (primary N) is 1. The first-order valence-electron chi connectivity index (χ1n) is 6.36. The number of amides is 2. The van der Waals surface area contributed by atoms with E-state index < -0.39 is 23.0 Å². The molecule has 1 heterocycles. The maximum atomic E-state index is 12.2. The van der Waals surface area contributed by atoms with Crippen LogP contribution in [0.15, 0.2) is 16.6 Å². The second kappa shape index (κ2) is 5.23. The second-order valence-corrected chi connectivity index (χ2v) is 6.61. The monoisotopic (exact) mass is 353 g/mol. The standard InChI is InChI=1S/C14H16BrN3O3/c1-7-4-8(15)5-9-10(7)18(12(20)11(9)19)6-14(2,3)13(21)17-16/h4-5H,6,16H2,1-3H3,(H,17,21). The van der Waals surface area contributed by atoms with Crippen LogP contribution in [0.2, 0.25) is 0 Å². The fourth-order valence-corrected chi connectivity index (χ4v) is 2.99. The van der Waals surface area contributed by atoms with Crippen molar-refractivity contribution in [3.63, 3.8) is 0 Å². The Morgan fingerprint density at radius 3 is 2.57 bits per heavy atom. The number of fused-ring (bicyclic) bond motifs is 1. The van der Waals surface area contributed by atoms with Gasteiger partial charge in [-0.2, -0.15) is 0 Å². The molecule has 3 N–H and O–H groups in total. The van der Waals surface area contributed by atoms with Crippen molar-refractivity contribution in [2.45, 2.75) is 20.8 Å². The number of carbonyl (C=O) groups excluding carboxylic acids is 3. The Morgan fingerprint density at radius 1 is 1.38 bits per heavy atom. The van der Waals surface area contributed by atoms with E-state index in [2.05, 4.69) is 21.4 Å². The highest BCUT2D eigenvalue weighted by Gasteiger charge is 2.41. The molecule has 0 bridgehead atoms. The predicted molar refractivity (Wildman–Crippen MR) is 81.7 cm³/mol. The lowest BCUT2D eigenvalue weighted by Crippen LogP contribution is -2.48. The lowest BCUT2D eigenvalue weighted by atomic mass is 9.91. The van der Waals surface area contributed by atoms with Gasteiger partial charge in [0.15, 0.2) is 0 Å². The highest BCUT2D eigenvalue weighted by Crippen LogP contribution is 2.36. The lowest BCUT2D eigenvalue weighted by molar-refractivity contribution is -0.129. The molecule has 0 unspecified atom stereocenters. The number of nitrogens with zero attached hydrogens (tertiary/aromatic N) is 1. The first-order valence-corrected chi connectivity index (χ1v) is 7.15. The number of halogens is 1. The number of benzene rings is 1. The van der Waals surface area contributed by atoms with E-state index in [9.17, 15) is 14.4 Å². The quantitative estimate of drug-likeness (QED) is 0.370. The summed E-state index contributed by atoms with van der Waals surface area (Å²) >= 11 is 3.32. The molecular weight excluding hydrogens is 338 g/mol. The van der Waals surface area contributed by atoms with Gasteiger partial charge in [0.2, 0.25) is 5.91 Å². The number of carbonyl (C=O) groups is 3. The van der Waals surface area contributed by atoms with Crippen molar-refractivity contribution in [3.05, 3.63) is 27.7 Å². The van der Waals surface area contributed by atoms with Gasteiger partial charge >= 0.3 is 0 Å². The topological polar surface area (TPSA) is 92.5 Å². The molecule has 112 valence electrons. The van der Waals surface area contributed by atoms with Crippen LogP contribution >= 0.6 is 15.9 Å². The minimum absolute atomic E-state index is 0.0794. The first kappa shape index (κ1) is 15.7. The summed E-state index contributed by atoms with van der Waals surface area (Å²) in [5, 5.41) is 0. The Kier molecular flexibility index (Phi) is 3.90. The number of hydrogen-bond donors (Lipinski definition) is 2. The smallest absolute Gasteiger partial charge is 0.299 e. The van der Waals surface area contributed by atoms with E-state index >= 15 is 0 Å². The summed E-state index contributed by atoms with van der Waals surface area (Å²) in [6.45, 7) is 5.23. The van der Waals surface area contributed by atoms with Crippen LogP contribution in [0.4, 0.5) is 5.69 Å². The summed E-state index contributed by atoms with van der Waals surface area (Å²) in [4.78, 5) is 37.5. The van der Waals surface area contributed by atoms with E-state index in [-0.39, 0.29) is 6.54 Å². The summed E-state index contributed by atoms with van der Waals surface area (Å²) in [5.41, 5.74) is 2.89. The summed E-state index contributed by atoms with van der Waals surface area (Å²) in [7, 11) is 0. The molecule has 7 heteroatoms. The lowest BCUT2D eigenvalue weighted by Gasteiger charge is -2.29. The van der Waals surface area contributed by atoms with Gasteiger partial charge in [0.25, 0.3) is 11.7 Å². The van der Waals surface area contributed by atoms with Crippen molar-refractivity contribution in [3.8, 4) is 0 Å². The third-order valence-electron chi connectivity index (χ3n) is 3.52. The van der Waals surface area contributed by atoms with Gasteiger partial charge in [0, 0.05) is 11.0 Å². The van der Waals surface area contributed by atoms with Crippen molar-refractivity contribution < 1.29 is 14.4 Å². The maximum absolute atomic E-state index is 12.2. The molecule has 2 rings (SSSR count). The summed E-state index contributed by atoms with van der Waals surface area (Å²) in [6.07, 6.45) is 0. The highest BCUT2D eigenvalue weighted by molar-refractivity contribution is 9.10. The van der Waals surface area contributed by atoms with Crippen molar-refractivity contribution in [2.75, 3.05) is 11.4 Å². The number of aryl methyl sites for hydroxylation is 1. The Balaban J connectivity index is 2.47. The number of rotatable bonds is 3. The minimum Gasteiger partial charge on any atom is -0.303 e. The number of Topliss-reactive ketones (excluding diaryl/α,β-unsaturated/α-hetero) is 1. The molecule has 1 aromatic rings. The van der Waals surface area contributed by atoms with Gasteiger partial charge in [-0.1, -0.05) is 15.9 Å². The highest BCUT2D eigenvalue weighted by atomic mass is 79.9. The van der Waals surface area contributed by atoms with Gasteiger partial charge in [-0.3, -0.25) is 19.8 Å². The van der Waals surface area contributed by atoms with Gasteiger partial charge in [-0.05, 0) is 38.5 Å². The second-order valence-electron chi connectivity index (χ2n) is 5.70. The number of anilines is 1. The van der Waals surface area contributed by atoms with Crippen LogP contribution < -0.4 is 16.2 Å². The van der Waals surface area contributed by atoms with E-state index in [4.69, 9.17) is 5.84 Å². The molecule has 21 heavy (non-hydrogen) atoms. The number of hydrogen-bond acceptors (Lipinski definition) is 4. The summed E-state index contributed by atoms with van der Waals surface area (Å²) in [5.74, 6) is 3.59. The van der Waals surface area contributed by atoms with Crippen LogP contribution in [0.5, 0.6) is 0 Å². The largest absolute Gasteiger partial charge is 0.303 e. The van der Waals surface area contributed by atoms with E-state index in [1.165, 1.54) is 4.90 Å². The SMILES string of the molecule is Cc1cc(Br)cc2c1N(CC(C)(C)C(=O)NN)C(=O)C2=O. The molecule has 0 spiro atoms. The van der Waals surface area contributed by atoms with Gasteiger partial charge in [0.1, 0.15) is 0 Å². The number of ketones is 1. The zero-order valence-electron chi connectivity index (χ0n) is 12.0. The van der Waals surface area contributed by atoms with Crippen molar-refractivity contribution in [1.82, 2.24) is 5.43 Å². The van der Waals surface area contributed by atoms with E-state index in [0.29, 0.717) is 11.3 Å². The average molecular weight is 354 g/mol. The molecular formula is C14H16BrN3O3. The molecule has 0 saturated carbocycles. The zero-order valence-corrected chi connectivity index (χ0v) is 13.6. The zero-order chi connectivity index (χ0) is 15.9. The third-order valence-corrected chi connectivity index (χ3v) is 3.98. The minimum atomic E-state index is -0.911. The van der Waals surface area contributed by atoms with Crippen LogP contribution in [-0.2, 0) is 9.59 Å². The van der Waals surface area contributed by atoms with Crippen molar-refractivity contribution in [1.29, 1.82) is 0 Å². The Bertz CT molecular complexity index is 655. The van der Waals surface area contributed by atoms with Gasteiger partial charge in [0.05, 0.1) is 16.7 Å². The van der Waals surface area contributed by atoms with Gasteiger partial charge in [-0.15, -0.1) is 0 Å². The van der Waals surface area contributed by atoms with Crippen LogP contribution in [0.1, 0.15) is 29.8 Å². The van der Waals surface area contributed by atoms with E-state index in [0.717, 1.165) is 10.0 Å². The van der Waals surface area contributed by atoms with E-state index in [1.807, 2.05) is 13.0 Å².